The molecular weight excluding hydrogens is 248 g/mol. The van der Waals surface area contributed by atoms with E-state index in [-0.39, 0.29) is 6.29 Å². The fourth-order valence-electron chi connectivity index (χ4n) is 2.90. The normalized spacial score (nSPS) is 38.6. The second-order valence-electron chi connectivity index (χ2n) is 5.31. The minimum atomic E-state index is 0.0208. The molecule has 0 radical (unpaired) electrons. The molecular formula is C15H23ClO2. The summed E-state index contributed by atoms with van der Waals surface area (Å²) in [5.41, 5.74) is 1.65. The first-order chi connectivity index (χ1) is 8.83. The van der Waals surface area contributed by atoms with Crippen LogP contribution in [0.25, 0.3) is 0 Å². The summed E-state index contributed by atoms with van der Waals surface area (Å²) in [6.45, 7) is 3.64. The third-order valence-electron chi connectivity index (χ3n) is 3.96. The molecule has 0 amide bonds. The van der Waals surface area contributed by atoms with Crippen molar-refractivity contribution in [3.63, 3.8) is 0 Å². The third kappa shape index (κ3) is 3.84. The fraction of sp³-hybridized carbons (Fsp3) is 0.733. The monoisotopic (exact) mass is 270 g/mol. The van der Waals surface area contributed by atoms with Crippen molar-refractivity contribution in [2.75, 3.05) is 13.2 Å². The molecule has 1 saturated heterocycles. The van der Waals surface area contributed by atoms with E-state index in [9.17, 15) is 0 Å². The Morgan fingerprint density at radius 1 is 0.944 bits per heavy atom. The first-order valence-corrected chi connectivity index (χ1v) is 7.40. The minimum absolute atomic E-state index is 0.0208. The van der Waals surface area contributed by atoms with Gasteiger partial charge in [-0.1, -0.05) is 29.8 Å². The summed E-state index contributed by atoms with van der Waals surface area (Å²) in [6.07, 6.45) is 11.1. The number of hydrogen-bond donors (Lipinski definition) is 0. The number of ether oxygens (including phenoxy) is 2. The molecule has 0 spiro atoms. The molecule has 0 aromatic carbocycles. The van der Waals surface area contributed by atoms with Crippen LogP contribution >= 0.6 is 11.6 Å². The highest BCUT2D eigenvalue weighted by atomic mass is 35.5. The Hall–Kier alpha value is -0.310. The second kappa shape index (κ2) is 7.32. The number of allylic oxidation sites excluding steroid dienone is 2. The van der Waals surface area contributed by atoms with Gasteiger partial charge in [0, 0.05) is 17.4 Å². The first kappa shape index (κ1) is 14.1. The summed E-state index contributed by atoms with van der Waals surface area (Å²) >= 11 is 5.63. The van der Waals surface area contributed by atoms with Crippen molar-refractivity contribution in [2.24, 2.45) is 17.8 Å². The van der Waals surface area contributed by atoms with Gasteiger partial charge in [0.15, 0.2) is 6.29 Å². The Bertz CT molecular complexity index is 255. The smallest absolute Gasteiger partial charge is 0.160 e. The quantitative estimate of drug-likeness (QED) is 0.719. The van der Waals surface area contributed by atoms with Crippen LogP contribution in [0.3, 0.4) is 0 Å². The maximum Gasteiger partial charge on any atom is 0.160 e. The molecule has 0 bridgehead atoms. The van der Waals surface area contributed by atoms with Crippen LogP contribution in [0.15, 0.2) is 23.8 Å². The van der Waals surface area contributed by atoms with Crippen molar-refractivity contribution in [3.05, 3.63) is 23.8 Å². The predicted octanol–water partition coefficient (Wildman–Crippen LogP) is 4.11. The molecule has 18 heavy (non-hydrogen) atoms. The molecule has 1 aliphatic carbocycles. The van der Waals surface area contributed by atoms with Gasteiger partial charge in [0.2, 0.25) is 0 Å². The van der Waals surface area contributed by atoms with Gasteiger partial charge in [-0.25, -0.2) is 0 Å². The second-order valence-corrected chi connectivity index (χ2v) is 5.57. The molecule has 2 rings (SSSR count). The van der Waals surface area contributed by atoms with Gasteiger partial charge in [-0.05, 0) is 38.5 Å². The third-order valence-corrected chi connectivity index (χ3v) is 4.11. The zero-order valence-corrected chi connectivity index (χ0v) is 11.8. The van der Waals surface area contributed by atoms with Crippen LogP contribution in [0.4, 0.5) is 0 Å². The predicted molar refractivity (Wildman–Crippen MR) is 74.4 cm³/mol. The molecule has 0 aromatic heterocycles. The van der Waals surface area contributed by atoms with Crippen molar-refractivity contribution in [3.8, 4) is 0 Å². The van der Waals surface area contributed by atoms with Crippen LogP contribution in [-0.2, 0) is 9.47 Å². The summed E-state index contributed by atoms with van der Waals surface area (Å²) in [6, 6.07) is 0. The van der Waals surface area contributed by atoms with E-state index in [0.717, 1.165) is 13.2 Å². The molecule has 3 heteroatoms. The Morgan fingerprint density at radius 3 is 2.17 bits per heavy atom. The molecule has 2 nitrogen and oxygen atoms in total. The zero-order chi connectivity index (χ0) is 12.8. The SMILES string of the molecule is CC=CC1COC(C2CCC(C=CCl)CC2)OC1. The Balaban J connectivity index is 1.74. The van der Waals surface area contributed by atoms with Crippen LogP contribution < -0.4 is 0 Å². The largest absolute Gasteiger partial charge is 0.352 e. The number of halogens is 1. The molecule has 0 unspecified atom stereocenters. The van der Waals surface area contributed by atoms with Crippen LogP contribution in [0.2, 0.25) is 0 Å². The molecule has 0 N–H and O–H groups in total. The van der Waals surface area contributed by atoms with Crippen molar-refractivity contribution in [2.45, 2.75) is 38.9 Å². The zero-order valence-electron chi connectivity index (χ0n) is 11.1. The Kier molecular flexibility index (Phi) is 5.74. The van der Waals surface area contributed by atoms with Gasteiger partial charge >= 0.3 is 0 Å². The first-order valence-electron chi connectivity index (χ1n) is 6.96. The standard InChI is InChI=1S/C15H23ClO2/c1-2-3-13-10-17-15(18-11-13)14-6-4-12(5-7-14)8-9-16/h2-3,8-9,12-15H,4-7,10-11H2,1H3. The minimum Gasteiger partial charge on any atom is -0.352 e. The summed E-state index contributed by atoms with van der Waals surface area (Å²) < 4.78 is 11.7. The fourth-order valence-corrected chi connectivity index (χ4v) is 3.11. The molecule has 1 aliphatic heterocycles. The van der Waals surface area contributed by atoms with Crippen LogP contribution in [-0.4, -0.2) is 19.5 Å². The van der Waals surface area contributed by atoms with E-state index in [0.29, 0.717) is 17.8 Å². The van der Waals surface area contributed by atoms with Crippen LogP contribution in [0.5, 0.6) is 0 Å². The number of hydrogen-bond acceptors (Lipinski definition) is 2. The van der Waals surface area contributed by atoms with E-state index in [1.54, 1.807) is 5.54 Å². The molecule has 2 aliphatic rings. The average Bonchev–Trinajstić information content (AvgIpc) is 2.41. The van der Waals surface area contributed by atoms with E-state index in [1.807, 2.05) is 6.92 Å². The van der Waals surface area contributed by atoms with Gasteiger partial charge in [0.05, 0.1) is 13.2 Å². The lowest BCUT2D eigenvalue weighted by atomic mass is 9.81. The van der Waals surface area contributed by atoms with Crippen LogP contribution in [0.1, 0.15) is 32.6 Å². The highest BCUT2D eigenvalue weighted by Gasteiger charge is 2.31. The van der Waals surface area contributed by atoms with Crippen LogP contribution in [0, 0.1) is 17.8 Å². The summed E-state index contributed by atoms with van der Waals surface area (Å²) in [5, 5.41) is 0. The van der Waals surface area contributed by atoms with E-state index in [2.05, 4.69) is 18.2 Å². The van der Waals surface area contributed by atoms with Crippen molar-refractivity contribution < 1.29 is 9.47 Å². The van der Waals surface area contributed by atoms with Gasteiger partial charge in [-0.15, -0.1) is 0 Å². The highest BCUT2D eigenvalue weighted by Crippen LogP contribution is 2.34. The van der Waals surface area contributed by atoms with E-state index < -0.39 is 0 Å². The van der Waals surface area contributed by atoms with Gasteiger partial charge < -0.3 is 9.47 Å². The highest BCUT2D eigenvalue weighted by molar-refractivity contribution is 6.25. The summed E-state index contributed by atoms with van der Waals surface area (Å²) in [5.74, 6) is 1.65. The number of rotatable bonds is 3. The molecule has 102 valence electrons. The van der Waals surface area contributed by atoms with E-state index in [4.69, 9.17) is 21.1 Å². The van der Waals surface area contributed by atoms with Gasteiger partial charge in [0.1, 0.15) is 0 Å². The van der Waals surface area contributed by atoms with Gasteiger partial charge in [0.25, 0.3) is 0 Å². The van der Waals surface area contributed by atoms with Gasteiger partial charge in [-0.2, -0.15) is 0 Å². The van der Waals surface area contributed by atoms with E-state index in [1.165, 1.54) is 25.7 Å². The maximum atomic E-state index is 5.86. The molecule has 0 aromatic rings. The molecule has 1 saturated carbocycles. The maximum absolute atomic E-state index is 5.86. The van der Waals surface area contributed by atoms with Crippen molar-refractivity contribution in [1.29, 1.82) is 0 Å². The Morgan fingerprint density at radius 2 is 1.61 bits per heavy atom. The summed E-state index contributed by atoms with van der Waals surface area (Å²) in [7, 11) is 0. The summed E-state index contributed by atoms with van der Waals surface area (Å²) in [4.78, 5) is 0. The molecule has 0 atom stereocenters. The van der Waals surface area contributed by atoms with Gasteiger partial charge in [-0.3, -0.25) is 0 Å². The topological polar surface area (TPSA) is 18.5 Å². The average molecular weight is 271 g/mol. The van der Waals surface area contributed by atoms with Crippen molar-refractivity contribution in [1.82, 2.24) is 0 Å². The lowest BCUT2D eigenvalue weighted by Crippen LogP contribution is -2.37. The Labute approximate surface area is 115 Å². The van der Waals surface area contributed by atoms with E-state index >= 15 is 0 Å². The lowest BCUT2D eigenvalue weighted by Gasteiger charge is -2.36. The molecule has 1 heterocycles. The lowest BCUT2D eigenvalue weighted by molar-refractivity contribution is -0.222. The van der Waals surface area contributed by atoms with Crippen molar-refractivity contribution >= 4 is 11.6 Å². The molecule has 2 fully saturated rings.